The molecule has 0 aromatic rings. The molecule has 0 radical (unpaired) electrons. The molecule has 0 aliphatic carbocycles. The highest BCUT2D eigenvalue weighted by Crippen LogP contribution is 2.40. The average Bonchev–Trinajstić information content (AvgIpc) is 1.93. The molecule has 0 spiro atoms. The standard InChI is InChI=1S/C11H20O2/c1-9(2)11(7-13-8-11)6-4-5-10(3)12/h9H,4-8H2,1-3H3. The molecule has 76 valence electrons. The molecule has 1 fully saturated rings. The molecule has 1 aliphatic heterocycles. The highest BCUT2D eigenvalue weighted by molar-refractivity contribution is 5.75. The summed E-state index contributed by atoms with van der Waals surface area (Å²) in [4.78, 5) is 10.8. The van der Waals surface area contributed by atoms with Crippen molar-refractivity contribution in [2.45, 2.75) is 40.0 Å². The molecule has 0 atom stereocenters. The van der Waals surface area contributed by atoms with Crippen LogP contribution in [0, 0.1) is 11.3 Å². The van der Waals surface area contributed by atoms with E-state index in [0.717, 1.165) is 32.5 Å². The fourth-order valence-electron chi connectivity index (χ4n) is 1.82. The normalized spacial score (nSPS) is 20.0. The van der Waals surface area contributed by atoms with E-state index in [1.54, 1.807) is 6.92 Å². The number of Topliss-reactive ketones (excluding diaryl/α,β-unsaturated/α-hetero) is 1. The summed E-state index contributed by atoms with van der Waals surface area (Å²) in [6.45, 7) is 7.94. The number of ether oxygens (including phenoxy) is 1. The zero-order valence-electron chi connectivity index (χ0n) is 8.93. The summed E-state index contributed by atoms with van der Waals surface area (Å²) in [5.74, 6) is 0.979. The van der Waals surface area contributed by atoms with Crippen LogP contribution in [0.1, 0.15) is 40.0 Å². The van der Waals surface area contributed by atoms with E-state index in [4.69, 9.17) is 4.74 Å². The molecule has 1 heterocycles. The molecule has 0 saturated carbocycles. The predicted molar refractivity (Wildman–Crippen MR) is 52.6 cm³/mol. The van der Waals surface area contributed by atoms with E-state index in [-0.39, 0.29) is 0 Å². The third-order valence-corrected chi connectivity index (χ3v) is 3.21. The zero-order chi connectivity index (χ0) is 9.90. The minimum Gasteiger partial charge on any atom is -0.380 e. The van der Waals surface area contributed by atoms with Crippen LogP contribution < -0.4 is 0 Å². The lowest BCUT2D eigenvalue weighted by molar-refractivity contribution is -0.144. The van der Waals surface area contributed by atoms with Crippen LogP contribution in [-0.4, -0.2) is 19.0 Å². The lowest BCUT2D eigenvalue weighted by atomic mass is 9.72. The molecule has 1 rings (SSSR count). The van der Waals surface area contributed by atoms with Crippen LogP contribution >= 0.6 is 0 Å². The second-order valence-corrected chi connectivity index (χ2v) is 4.57. The lowest BCUT2D eigenvalue weighted by Gasteiger charge is -2.45. The van der Waals surface area contributed by atoms with Crippen molar-refractivity contribution in [2.75, 3.05) is 13.2 Å². The predicted octanol–water partition coefficient (Wildman–Crippen LogP) is 2.42. The Labute approximate surface area is 80.7 Å². The van der Waals surface area contributed by atoms with Gasteiger partial charge in [0.15, 0.2) is 0 Å². The molecule has 1 saturated heterocycles. The van der Waals surface area contributed by atoms with E-state index in [9.17, 15) is 4.79 Å². The summed E-state index contributed by atoms with van der Waals surface area (Å²) in [5, 5.41) is 0. The van der Waals surface area contributed by atoms with Crippen LogP contribution in [0.2, 0.25) is 0 Å². The van der Waals surface area contributed by atoms with E-state index < -0.39 is 0 Å². The Bertz CT molecular complexity index is 181. The van der Waals surface area contributed by atoms with Gasteiger partial charge in [0.1, 0.15) is 5.78 Å². The maximum atomic E-state index is 10.8. The minimum absolute atomic E-state index is 0.305. The third kappa shape index (κ3) is 2.53. The van der Waals surface area contributed by atoms with Gasteiger partial charge in [-0.3, -0.25) is 0 Å². The van der Waals surface area contributed by atoms with Crippen molar-refractivity contribution in [1.82, 2.24) is 0 Å². The van der Waals surface area contributed by atoms with Crippen LogP contribution in [0.25, 0.3) is 0 Å². The lowest BCUT2D eigenvalue weighted by Crippen LogP contribution is -2.46. The first-order chi connectivity index (χ1) is 6.07. The van der Waals surface area contributed by atoms with E-state index >= 15 is 0 Å². The molecule has 2 nitrogen and oxygen atoms in total. The summed E-state index contributed by atoms with van der Waals surface area (Å²) >= 11 is 0. The molecule has 0 aromatic carbocycles. The summed E-state index contributed by atoms with van der Waals surface area (Å²) in [5.41, 5.74) is 0.384. The SMILES string of the molecule is CC(=O)CCCC1(C(C)C)COC1. The number of carbonyl (C=O) groups excluding carboxylic acids is 1. The second-order valence-electron chi connectivity index (χ2n) is 4.57. The van der Waals surface area contributed by atoms with Crippen molar-refractivity contribution >= 4 is 5.78 Å². The van der Waals surface area contributed by atoms with Crippen molar-refractivity contribution in [3.05, 3.63) is 0 Å². The number of hydrogen-bond acceptors (Lipinski definition) is 2. The van der Waals surface area contributed by atoms with Crippen LogP contribution in [0.4, 0.5) is 0 Å². The Morgan fingerprint density at radius 1 is 1.46 bits per heavy atom. The van der Waals surface area contributed by atoms with Crippen molar-refractivity contribution in [3.63, 3.8) is 0 Å². The highest BCUT2D eigenvalue weighted by Gasteiger charge is 2.40. The zero-order valence-corrected chi connectivity index (χ0v) is 8.93. The molecule has 0 N–H and O–H groups in total. The van der Waals surface area contributed by atoms with Crippen molar-refractivity contribution in [3.8, 4) is 0 Å². The van der Waals surface area contributed by atoms with Gasteiger partial charge in [0.2, 0.25) is 0 Å². The minimum atomic E-state index is 0.305. The van der Waals surface area contributed by atoms with E-state index in [1.165, 1.54) is 0 Å². The molecule has 0 unspecified atom stereocenters. The van der Waals surface area contributed by atoms with Gasteiger partial charge in [-0.25, -0.2) is 0 Å². The van der Waals surface area contributed by atoms with Gasteiger partial charge in [-0.05, 0) is 25.7 Å². The highest BCUT2D eigenvalue weighted by atomic mass is 16.5. The van der Waals surface area contributed by atoms with Crippen molar-refractivity contribution in [2.24, 2.45) is 11.3 Å². The summed E-state index contributed by atoms with van der Waals surface area (Å²) in [6.07, 6.45) is 2.90. The first-order valence-corrected chi connectivity index (χ1v) is 5.14. The van der Waals surface area contributed by atoms with Crippen LogP contribution in [-0.2, 0) is 9.53 Å². The van der Waals surface area contributed by atoms with E-state index in [2.05, 4.69) is 13.8 Å². The molecule has 1 aliphatic rings. The maximum absolute atomic E-state index is 10.8. The Morgan fingerprint density at radius 2 is 2.08 bits per heavy atom. The van der Waals surface area contributed by atoms with Gasteiger partial charge < -0.3 is 9.53 Å². The molecule has 0 bridgehead atoms. The van der Waals surface area contributed by atoms with E-state index in [0.29, 0.717) is 17.1 Å². The topological polar surface area (TPSA) is 26.3 Å². The largest absolute Gasteiger partial charge is 0.380 e. The molecular weight excluding hydrogens is 164 g/mol. The quantitative estimate of drug-likeness (QED) is 0.656. The summed E-state index contributed by atoms with van der Waals surface area (Å²) in [7, 11) is 0. The Balaban J connectivity index is 2.28. The van der Waals surface area contributed by atoms with Gasteiger partial charge in [-0.2, -0.15) is 0 Å². The summed E-state index contributed by atoms with van der Waals surface area (Å²) in [6, 6.07) is 0. The average molecular weight is 184 g/mol. The number of ketones is 1. The van der Waals surface area contributed by atoms with E-state index in [1.807, 2.05) is 0 Å². The van der Waals surface area contributed by atoms with Gasteiger partial charge in [-0.1, -0.05) is 13.8 Å². The Hall–Kier alpha value is -0.370. The number of carbonyl (C=O) groups is 1. The van der Waals surface area contributed by atoms with Crippen LogP contribution in [0.3, 0.4) is 0 Å². The molecule has 2 heteroatoms. The van der Waals surface area contributed by atoms with Gasteiger partial charge in [-0.15, -0.1) is 0 Å². The van der Waals surface area contributed by atoms with Crippen molar-refractivity contribution in [1.29, 1.82) is 0 Å². The fraction of sp³-hybridized carbons (Fsp3) is 0.909. The number of rotatable bonds is 5. The molecule has 0 aromatic heterocycles. The third-order valence-electron chi connectivity index (χ3n) is 3.21. The first-order valence-electron chi connectivity index (χ1n) is 5.14. The molecule has 0 amide bonds. The molecular formula is C11H20O2. The van der Waals surface area contributed by atoms with Crippen molar-refractivity contribution < 1.29 is 9.53 Å². The maximum Gasteiger partial charge on any atom is 0.129 e. The summed E-state index contributed by atoms with van der Waals surface area (Å²) < 4.78 is 5.27. The Kier molecular flexibility index (Phi) is 3.48. The first kappa shape index (κ1) is 10.7. The van der Waals surface area contributed by atoms with Crippen LogP contribution in [0.5, 0.6) is 0 Å². The monoisotopic (exact) mass is 184 g/mol. The molecule has 13 heavy (non-hydrogen) atoms. The van der Waals surface area contributed by atoms with Gasteiger partial charge in [0.05, 0.1) is 13.2 Å². The van der Waals surface area contributed by atoms with Gasteiger partial charge in [0, 0.05) is 11.8 Å². The fourth-order valence-corrected chi connectivity index (χ4v) is 1.82. The van der Waals surface area contributed by atoms with Gasteiger partial charge in [0.25, 0.3) is 0 Å². The number of hydrogen-bond donors (Lipinski definition) is 0. The second kappa shape index (κ2) is 4.23. The van der Waals surface area contributed by atoms with Gasteiger partial charge >= 0.3 is 0 Å². The Morgan fingerprint density at radius 3 is 2.38 bits per heavy atom. The smallest absolute Gasteiger partial charge is 0.129 e. The van der Waals surface area contributed by atoms with Crippen LogP contribution in [0.15, 0.2) is 0 Å².